The molecular weight excluding hydrogens is 344 g/mol. The van der Waals surface area contributed by atoms with Gasteiger partial charge in [0.1, 0.15) is 17.2 Å². The summed E-state index contributed by atoms with van der Waals surface area (Å²) >= 11 is 0. The third kappa shape index (κ3) is 5.70. The van der Waals surface area contributed by atoms with E-state index in [0.29, 0.717) is 23.8 Å². The summed E-state index contributed by atoms with van der Waals surface area (Å²) in [6, 6.07) is 14.8. The number of anilines is 1. The molecule has 144 valence electrons. The van der Waals surface area contributed by atoms with E-state index in [9.17, 15) is 4.79 Å². The normalized spacial score (nSPS) is 15.3. The molecule has 2 aromatic rings. The molecular formula is C21H26N2O4. The number of benzene rings is 2. The maximum absolute atomic E-state index is 12.3. The van der Waals surface area contributed by atoms with Gasteiger partial charge in [-0.15, -0.1) is 0 Å². The Kier molecular flexibility index (Phi) is 6.68. The molecule has 0 saturated carbocycles. The fourth-order valence-electron chi connectivity index (χ4n) is 3.18. The Balaban J connectivity index is 1.49. The van der Waals surface area contributed by atoms with Crippen LogP contribution in [0.1, 0.15) is 19.3 Å². The number of rotatable bonds is 7. The number of nitrogens with one attached hydrogen (secondary N) is 1. The van der Waals surface area contributed by atoms with Gasteiger partial charge in [-0.25, -0.2) is 0 Å². The molecule has 6 nitrogen and oxygen atoms in total. The van der Waals surface area contributed by atoms with Crippen LogP contribution in [0.15, 0.2) is 48.5 Å². The van der Waals surface area contributed by atoms with Crippen LogP contribution in [0, 0.1) is 5.92 Å². The first kappa shape index (κ1) is 19.2. The van der Waals surface area contributed by atoms with Crippen LogP contribution in [0.5, 0.6) is 17.2 Å². The molecule has 0 spiro atoms. The standard InChI is InChI=1S/C21H26N2O4/c1-25-19-4-3-5-20(15-19)27-18-8-6-17(7-9-18)22-21(24)14-16-10-12-23(26-2)13-11-16/h3-9,15-16H,10-14H2,1-2H3,(H,22,24). The molecule has 0 atom stereocenters. The first-order valence-electron chi connectivity index (χ1n) is 9.17. The average molecular weight is 370 g/mol. The lowest BCUT2D eigenvalue weighted by Gasteiger charge is -2.29. The Bertz CT molecular complexity index is 740. The molecule has 0 radical (unpaired) electrons. The average Bonchev–Trinajstić information content (AvgIpc) is 2.70. The number of carbonyl (C=O) groups excluding carboxylic acids is 1. The summed E-state index contributed by atoms with van der Waals surface area (Å²) in [5.74, 6) is 2.61. The molecule has 1 aliphatic heterocycles. The minimum Gasteiger partial charge on any atom is -0.497 e. The molecule has 0 aliphatic carbocycles. The summed E-state index contributed by atoms with van der Waals surface area (Å²) in [5, 5.41) is 4.90. The van der Waals surface area contributed by atoms with E-state index in [1.54, 1.807) is 14.2 Å². The first-order chi connectivity index (χ1) is 13.2. The Morgan fingerprint density at radius 2 is 1.74 bits per heavy atom. The van der Waals surface area contributed by atoms with Gasteiger partial charge in [-0.05, 0) is 55.2 Å². The quantitative estimate of drug-likeness (QED) is 0.795. The molecule has 6 heteroatoms. The van der Waals surface area contributed by atoms with E-state index in [4.69, 9.17) is 14.3 Å². The zero-order valence-electron chi connectivity index (χ0n) is 15.8. The molecule has 3 rings (SSSR count). The van der Waals surface area contributed by atoms with Crippen LogP contribution in [-0.4, -0.2) is 38.3 Å². The summed E-state index contributed by atoms with van der Waals surface area (Å²) in [6.07, 6.45) is 2.50. The third-order valence-corrected chi connectivity index (χ3v) is 4.72. The van der Waals surface area contributed by atoms with Crippen molar-refractivity contribution < 1.29 is 19.1 Å². The molecule has 1 amide bonds. The zero-order valence-corrected chi connectivity index (χ0v) is 15.8. The van der Waals surface area contributed by atoms with Crippen LogP contribution >= 0.6 is 0 Å². The third-order valence-electron chi connectivity index (χ3n) is 4.72. The predicted octanol–water partition coefficient (Wildman–Crippen LogP) is 4.09. The van der Waals surface area contributed by atoms with Crippen LogP contribution in [0.2, 0.25) is 0 Å². The van der Waals surface area contributed by atoms with Gasteiger partial charge >= 0.3 is 0 Å². The van der Waals surface area contributed by atoms with E-state index >= 15 is 0 Å². The highest BCUT2D eigenvalue weighted by molar-refractivity contribution is 5.90. The smallest absolute Gasteiger partial charge is 0.224 e. The van der Waals surface area contributed by atoms with Crippen molar-refractivity contribution in [1.29, 1.82) is 0 Å². The molecule has 0 aromatic heterocycles. The summed E-state index contributed by atoms with van der Waals surface area (Å²) in [7, 11) is 3.31. The van der Waals surface area contributed by atoms with Crippen molar-refractivity contribution in [2.24, 2.45) is 5.92 Å². The molecule has 1 fully saturated rings. The minimum atomic E-state index is 0.0485. The molecule has 0 unspecified atom stereocenters. The lowest BCUT2D eigenvalue weighted by atomic mass is 9.94. The maximum Gasteiger partial charge on any atom is 0.224 e. The molecule has 2 aromatic carbocycles. The fraction of sp³-hybridized carbons (Fsp3) is 0.381. The maximum atomic E-state index is 12.3. The van der Waals surface area contributed by atoms with Crippen LogP contribution in [-0.2, 0) is 9.63 Å². The summed E-state index contributed by atoms with van der Waals surface area (Å²) in [5.41, 5.74) is 0.771. The number of ether oxygens (including phenoxy) is 2. The van der Waals surface area contributed by atoms with Gasteiger partial charge in [0.15, 0.2) is 0 Å². The Labute approximate surface area is 160 Å². The minimum absolute atomic E-state index is 0.0485. The van der Waals surface area contributed by atoms with Gasteiger partial charge < -0.3 is 19.6 Å². The first-order valence-corrected chi connectivity index (χ1v) is 9.17. The van der Waals surface area contributed by atoms with E-state index in [-0.39, 0.29) is 5.91 Å². The number of amides is 1. The largest absolute Gasteiger partial charge is 0.497 e. The van der Waals surface area contributed by atoms with E-state index in [0.717, 1.165) is 37.4 Å². The summed E-state index contributed by atoms with van der Waals surface area (Å²) < 4.78 is 11.0. The lowest BCUT2D eigenvalue weighted by molar-refractivity contribution is -0.149. The van der Waals surface area contributed by atoms with E-state index < -0.39 is 0 Å². The van der Waals surface area contributed by atoms with Crippen molar-refractivity contribution in [2.45, 2.75) is 19.3 Å². The monoisotopic (exact) mass is 370 g/mol. The number of piperidine rings is 1. The summed E-state index contributed by atoms with van der Waals surface area (Å²) in [4.78, 5) is 17.5. The highest BCUT2D eigenvalue weighted by Crippen LogP contribution is 2.26. The van der Waals surface area contributed by atoms with Crippen LogP contribution in [0.3, 0.4) is 0 Å². The van der Waals surface area contributed by atoms with Gasteiger partial charge in [0.25, 0.3) is 0 Å². The topological polar surface area (TPSA) is 60.0 Å². The highest BCUT2D eigenvalue weighted by Gasteiger charge is 2.21. The van der Waals surface area contributed by atoms with Crippen molar-refractivity contribution in [3.63, 3.8) is 0 Å². The van der Waals surface area contributed by atoms with Crippen molar-refractivity contribution in [2.75, 3.05) is 32.6 Å². The fourth-order valence-corrected chi connectivity index (χ4v) is 3.18. The second-order valence-electron chi connectivity index (χ2n) is 6.61. The van der Waals surface area contributed by atoms with Gasteiger partial charge in [-0.1, -0.05) is 6.07 Å². The summed E-state index contributed by atoms with van der Waals surface area (Å²) in [6.45, 7) is 1.76. The molecule has 27 heavy (non-hydrogen) atoms. The van der Waals surface area contributed by atoms with E-state index in [1.165, 1.54) is 0 Å². The van der Waals surface area contributed by atoms with Gasteiger partial charge in [-0.2, -0.15) is 5.06 Å². The predicted molar refractivity (Wildman–Crippen MR) is 104 cm³/mol. The number of hydrogen-bond acceptors (Lipinski definition) is 5. The van der Waals surface area contributed by atoms with Gasteiger partial charge in [-0.3, -0.25) is 4.79 Å². The molecule has 0 bridgehead atoms. The molecule has 1 aliphatic rings. The van der Waals surface area contributed by atoms with E-state index in [2.05, 4.69) is 5.32 Å². The van der Waals surface area contributed by atoms with Gasteiger partial charge in [0, 0.05) is 31.3 Å². The SMILES string of the molecule is COc1cccc(Oc2ccc(NC(=O)CC3CCN(OC)CC3)cc2)c1. The van der Waals surface area contributed by atoms with Crippen LogP contribution < -0.4 is 14.8 Å². The number of nitrogens with zero attached hydrogens (tertiary/aromatic N) is 1. The number of carbonyl (C=O) groups is 1. The van der Waals surface area contributed by atoms with Crippen molar-refractivity contribution >= 4 is 11.6 Å². The molecule has 1 N–H and O–H groups in total. The highest BCUT2D eigenvalue weighted by atomic mass is 16.7. The lowest BCUT2D eigenvalue weighted by Crippen LogP contribution is -2.34. The van der Waals surface area contributed by atoms with Crippen molar-refractivity contribution in [3.8, 4) is 17.2 Å². The number of methoxy groups -OCH3 is 1. The molecule has 1 heterocycles. The Hall–Kier alpha value is -2.57. The van der Waals surface area contributed by atoms with Gasteiger partial charge in [0.05, 0.1) is 14.2 Å². The van der Waals surface area contributed by atoms with E-state index in [1.807, 2.05) is 53.6 Å². The molecule has 1 saturated heterocycles. The Morgan fingerprint density at radius 1 is 1.04 bits per heavy atom. The number of hydrogen-bond donors (Lipinski definition) is 1. The zero-order chi connectivity index (χ0) is 19.1. The van der Waals surface area contributed by atoms with Crippen LogP contribution in [0.4, 0.5) is 5.69 Å². The van der Waals surface area contributed by atoms with Crippen molar-refractivity contribution in [1.82, 2.24) is 5.06 Å². The second kappa shape index (κ2) is 9.39. The van der Waals surface area contributed by atoms with Gasteiger partial charge in [0.2, 0.25) is 5.91 Å². The number of hydroxylamine groups is 2. The second-order valence-corrected chi connectivity index (χ2v) is 6.61. The Morgan fingerprint density at radius 3 is 2.41 bits per heavy atom. The van der Waals surface area contributed by atoms with Crippen molar-refractivity contribution in [3.05, 3.63) is 48.5 Å². The van der Waals surface area contributed by atoms with Crippen LogP contribution in [0.25, 0.3) is 0 Å².